The normalized spacial score (nSPS) is 13.3. The minimum absolute atomic E-state index is 0.155. The Labute approximate surface area is 307 Å². The molecule has 3 aromatic heterocycles. The second-order valence-electron chi connectivity index (χ2n) is 13.5. The first-order valence-electron chi connectivity index (χ1n) is 19.9. The van der Waals surface area contributed by atoms with Crippen molar-refractivity contribution in [3.05, 3.63) is 181 Å². The van der Waals surface area contributed by atoms with Gasteiger partial charge in [-0.05, 0) is 102 Å². The number of para-hydroxylation sites is 2. The number of aryl methyl sites for hydroxylation is 1. The van der Waals surface area contributed by atoms with Crippen molar-refractivity contribution in [3.8, 4) is 33.6 Å². The molecular formula is C49H32N2O. The van der Waals surface area contributed by atoms with Crippen LogP contribution in [0, 0.1) is 6.92 Å². The van der Waals surface area contributed by atoms with Crippen LogP contribution in [-0.2, 0) is 0 Å². The van der Waals surface area contributed by atoms with E-state index in [1.165, 1.54) is 27.4 Å². The van der Waals surface area contributed by atoms with Crippen LogP contribution in [0.15, 0.2) is 180 Å². The van der Waals surface area contributed by atoms with Gasteiger partial charge in [0, 0.05) is 43.7 Å². The molecular weight excluding hydrogens is 633 g/mol. The van der Waals surface area contributed by atoms with Crippen LogP contribution < -0.4 is 0 Å². The molecule has 11 rings (SSSR count). The summed E-state index contributed by atoms with van der Waals surface area (Å²) in [5, 5.41) is 6.17. The highest BCUT2D eigenvalue weighted by Crippen LogP contribution is 2.41. The third-order valence-corrected chi connectivity index (χ3v) is 10.5. The third-order valence-electron chi connectivity index (χ3n) is 10.5. The van der Waals surface area contributed by atoms with E-state index in [0.29, 0.717) is 22.1 Å². The summed E-state index contributed by atoms with van der Waals surface area (Å²) in [7, 11) is 0. The highest BCUT2D eigenvalue weighted by Gasteiger charge is 2.18. The van der Waals surface area contributed by atoms with Gasteiger partial charge in [-0.3, -0.25) is 0 Å². The lowest BCUT2D eigenvalue weighted by molar-refractivity contribution is 0.669. The lowest BCUT2D eigenvalue weighted by Crippen LogP contribution is -1.94. The van der Waals surface area contributed by atoms with Crippen molar-refractivity contribution in [3.63, 3.8) is 0 Å². The summed E-state index contributed by atoms with van der Waals surface area (Å²) in [6.45, 7) is 2.11. The van der Waals surface area contributed by atoms with E-state index in [9.17, 15) is 0 Å². The van der Waals surface area contributed by atoms with Gasteiger partial charge in [-0.25, -0.2) is 0 Å². The fraction of sp³-hybridized carbons (Fsp3) is 0.0204. The maximum Gasteiger partial charge on any atom is 0.136 e. The van der Waals surface area contributed by atoms with Gasteiger partial charge in [0.25, 0.3) is 0 Å². The van der Waals surface area contributed by atoms with Gasteiger partial charge in [-0.2, -0.15) is 0 Å². The summed E-state index contributed by atoms with van der Waals surface area (Å²) in [5.41, 5.74) is 11.9. The molecule has 3 heterocycles. The maximum absolute atomic E-state index is 8.74. The van der Waals surface area contributed by atoms with E-state index < -0.39 is 6.04 Å². The number of furan rings is 1. The Morgan fingerprint density at radius 1 is 0.442 bits per heavy atom. The molecule has 0 aliphatic rings. The Hall–Kier alpha value is -6.84. The largest absolute Gasteiger partial charge is 0.456 e. The first-order chi connectivity index (χ1) is 27.8. The molecule has 8 aromatic carbocycles. The van der Waals surface area contributed by atoms with Crippen molar-refractivity contribution in [2.45, 2.75) is 6.92 Å². The fourth-order valence-corrected chi connectivity index (χ4v) is 8.10. The number of nitrogens with zero attached hydrogens (tertiary/aromatic N) is 2. The molecule has 0 amide bonds. The molecule has 0 aliphatic carbocycles. The number of aromatic nitrogens is 2. The van der Waals surface area contributed by atoms with Gasteiger partial charge in [0.2, 0.25) is 0 Å². The average Bonchev–Trinajstić information content (AvgIpc) is 3.90. The van der Waals surface area contributed by atoms with Crippen molar-refractivity contribution < 1.29 is 11.3 Å². The monoisotopic (exact) mass is 669 g/mol. The molecule has 0 radical (unpaired) electrons. The first kappa shape index (κ1) is 24.3. The fourth-order valence-electron chi connectivity index (χ4n) is 8.10. The second kappa shape index (κ2) is 11.1. The maximum atomic E-state index is 8.74. The number of hydrogen-bond donors (Lipinski definition) is 0. The number of rotatable bonds is 4. The van der Waals surface area contributed by atoms with Crippen LogP contribution in [0.4, 0.5) is 0 Å². The summed E-state index contributed by atoms with van der Waals surface area (Å²) in [5.74, 6) is 0. The number of fused-ring (bicyclic) bond motifs is 9. The lowest BCUT2D eigenvalue weighted by Gasteiger charge is -2.10. The summed E-state index contributed by atoms with van der Waals surface area (Å²) in [4.78, 5) is 0. The molecule has 52 heavy (non-hydrogen) atoms. The van der Waals surface area contributed by atoms with Gasteiger partial charge in [0.15, 0.2) is 0 Å². The molecule has 3 nitrogen and oxygen atoms in total. The topological polar surface area (TPSA) is 23.0 Å². The van der Waals surface area contributed by atoms with Crippen LogP contribution in [0.25, 0.3) is 99.2 Å². The minimum Gasteiger partial charge on any atom is -0.456 e. The molecule has 0 aliphatic heterocycles. The molecule has 0 saturated heterocycles. The zero-order valence-corrected chi connectivity index (χ0v) is 28.2. The molecule has 3 heteroatoms. The van der Waals surface area contributed by atoms with Crippen LogP contribution in [0.1, 0.15) is 12.4 Å². The second-order valence-corrected chi connectivity index (χ2v) is 13.5. The molecule has 0 unspecified atom stereocenters. The predicted molar refractivity (Wildman–Crippen MR) is 218 cm³/mol. The van der Waals surface area contributed by atoms with Gasteiger partial charge >= 0.3 is 0 Å². The molecule has 0 N–H and O–H groups in total. The molecule has 0 saturated carbocycles. The van der Waals surface area contributed by atoms with Crippen LogP contribution >= 0.6 is 0 Å². The summed E-state index contributed by atoms with van der Waals surface area (Å²) in [6.07, 6.45) is 0. The van der Waals surface area contributed by atoms with E-state index in [1.54, 1.807) is 12.1 Å². The van der Waals surface area contributed by atoms with Crippen LogP contribution in [0.2, 0.25) is 0 Å². The van der Waals surface area contributed by atoms with Crippen molar-refractivity contribution in [1.29, 1.82) is 0 Å². The highest BCUT2D eigenvalue weighted by atomic mass is 16.3. The quantitative estimate of drug-likeness (QED) is 0.183. The van der Waals surface area contributed by atoms with E-state index in [4.69, 9.17) is 11.3 Å². The van der Waals surface area contributed by atoms with Crippen molar-refractivity contribution in [2.24, 2.45) is 0 Å². The SMILES string of the molecule is [2H]c1c([2H])c([2H])c(-c2cccc3oc4ccc(-n5c6ccccc6c6cc(-c7ccc8c(c7)c7ccccc7n8-c7ccc(C)cc7)ccc65)cc4c23)c([2H])c1[2H]. The highest BCUT2D eigenvalue weighted by molar-refractivity contribution is 6.15. The van der Waals surface area contributed by atoms with E-state index in [-0.39, 0.29) is 29.7 Å². The van der Waals surface area contributed by atoms with E-state index in [2.05, 4.69) is 131 Å². The number of benzene rings is 8. The average molecular weight is 670 g/mol. The van der Waals surface area contributed by atoms with Gasteiger partial charge < -0.3 is 13.6 Å². The third kappa shape index (κ3) is 4.26. The lowest BCUT2D eigenvalue weighted by atomic mass is 9.99. The van der Waals surface area contributed by atoms with Gasteiger partial charge in [0.05, 0.1) is 28.9 Å². The van der Waals surface area contributed by atoms with Crippen LogP contribution in [-0.4, -0.2) is 9.13 Å². The van der Waals surface area contributed by atoms with E-state index in [1.807, 2.05) is 18.2 Å². The zero-order chi connectivity index (χ0) is 38.7. The molecule has 11 aromatic rings. The van der Waals surface area contributed by atoms with Crippen molar-refractivity contribution in [2.75, 3.05) is 0 Å². The molecule has 0 spiro atoms. The minimum atomic E-state index is -0.416. The standard InChI is InChI=1S/C49H32N2O/c1-31-18-22-35(23-19-31)50-43-15-7-5-12-38(43)40-28-33(20-25-45(40)50)34-21-26-46-41(29-34)39-13-6-8-16-44(39)51(46)36-24-27-47-42(30-36)49-37(14-9-17-48(49)52-47)32-10-3-2-4-11-32/h2-30H,1H3/i2D,3D,4D,10D,11D. The van der Waals surface area contributed by atoms with Gasteiger partial charge in [0.1, 0.15) is 11.2 Å². The van der Waals surface area contributed by atoms with Gasteiger partial charge in [-0.15, -0.1) is 0 Å². The Morgan fingerprint density at radius 3 is 1.71 bits per heavy atom. The Balaban J connectivity index is 1.09. The Kier molecular flexibility index (Phi) is 5.19. The zero-order valence-electron chi connectivity index (χ0n) is 33.2. The Bertz CT molecular complexity index is 3450. The van der Waals surface area contributed by atoms with Gasteiger partial charge in [-0.1, -0.05) is 109 Å². The summed E-state index contributed by atoms with van der Waals surface area (Å²) < 4.78 is 53.2. The first-order valence-corrected chi connectivity index (χ1v) is 17.4. The summed E-state index contributed by atoms with van der Waals surface area (Å²) >= 11 is 0. The molecule has 0 bridgehead atoms. The predicted octanol–water partition coefficient (Wildman–Crippen LogP) is 13.4. The van der Waals surface area contributed by atoms with E-state index in [0.717, 1.165) is 49.7 Å². The van der Waals surface area contributed by atoms with Crippen LogP contribution in [0.3, 0.4) is 0 Å². The number of hydrogen-bond acceptors (Lipinski definition) is 1. The molecule has 0 atom stereocenters. The molecule has 244 valence electrons. The smallest absolute Gasteiger partial charge is 0.136 e. The Morgan fingerprint density at radius 2 is 1.04 bits per heavy atom. The molecule has 0 fully saturated rings. The van der Waals surface area contributed by atoms with Crippen LogP contribution in [0.5, 0.6) is 0 Å². The van der Waals surface area contributed by atoms with Crippen molar-refractivity contribution in [1.82, 2.24) is 9.13 Å². The van der Waals surface area contributed by atoms with E-state index >= 15 is 0 Å². The summed E-state index contributed by atoms with van der Waals surface area (Å²) in [6, 6.07) is 49.1. The van der Waals surface area contributed by atoms with Crippen molar-refractivity contribution >= 4 is 65.6 Å².